The topological polar surface area (TPSA) is 21.3 Å². The second-order valence-corrected chi connectivity index (χ2v) is 5.57. The van der Waals surface area contributed by atoms with Gasteiger partial charge in [-0.2, -0.15) is 0 Å². The molecule has 0 spiro atoms. The second-order valence-electron chi connectivity index (χ2n) is 5.16. The number of methoxy groups -OCH3 is 1. The summed E-state index contributed by atoms with van der Waals surface area (Å²) < 4.78 is 5.26. The highest BCUT2D eigenvalue weighted by Gasteiger charge is 2.07. The van der Waals surface area contributed by atoms with Crippen LogP contribution in [0.3, 0.4) is 0 Å². The first-order valence-corrected chi connectivity index (χ1v) is 7.67. The van der Waals surface area contributed by atoms with E-state index in [0.717, 1.165) is 35.8 Å². The van der Waals surface area contributed by atoms with Gasteiger partial charge in [-0.1, -0.05) is 30.7 Å². The SMILES string of the molecule is CCCNCc1cc(-c2ccc(OC)cc2C)ccc1Cl. The van der Waals surface area contributed by atoms with Gasteiger partial charge >= 0.3 is 0 Å². The van der Waals surface area contributed by atoms with Crippen molar-refractivity contribution < 1.29 is 4.74 Å². The first-order valence-electron chi connectivity index (χ1n) is 7.30. The molecular weight excluding hydrogens is 282 g/mol. The lowest BCUT2D eigenvalue weighted by Gasteiger charge is -2.12. The number of nitrogens with one attached hydrogen (secondary N) is 1. The van der Waals surface area contributed by atoms with E-state index in [2.05, 4.69) is 43.4 Å². The molecular formula is C18H22ClNO. The molecule has 112 valence electrons. The van der Waals surface area contributed by atoms with Gasteiger partial charge in [-0.3, -0.25) is 0 Å². The van der Waals surface area contributed by atoms with E-state index in [9.17, 15) is 0 Å². The van der Waals surface area contributed by atoms with Gasteiger partial charge < -0.3 is 10.1 Å². The van der Waals surface area contributed by atoms with Gasteiger partial charge in [0.15, 0.2) is 0 Å². The molecule has 21 heavy (non-hydrogen) atoms. The predicted octanol–water partition coefficient (Wildman–Crippen LogP) is 4.82. The predicted molar refractivity (Wildman–Crippen MR) is 90.2 cm³/mol. The summed E-state index contributed by atoms with van der Waals surface area (Å²) in [5.41, 5.74) is 4.74. The molecule has 2 rings (SSSR count). The smallest absolute Gasteiger partial charge is 0.119 e. The van der Waals surface area contributed by atoms with Crippen molar-refractivity contribution in [2.24, 2.45) is 0 Å². The maximum absolute atomic E-state index is 6.29. The minimum absolute atomic E-state index is 0.801. The average Bonchev–Trinajstić information content (AvgIpc) is 2.49. The summed E-state index contributed by atoms with van der Waals surface area (Å²) >= 11 is 6.29. The second kappa shape index (κ2) is 7.48. The Hall–Kier alpha value is -1.51. The van der Waals surface area contributed by atoms with E-state index < -0.39 is 0 Å². The van der Waals surface area contributed by atoms with Crippen LogP contribution < -0.4 is 10.1 Å². The third kappa shape index (κ3) is 3.99. The molecule has 0 saturated carbocycles. The monoisotopic (exact) mass is 303 g/mol. The molecule has 0 radical (unpaired) electrons. The average molecular weight is 304 g/mol. The van der Waals surface area contributed by atoms with Crippen LogP contribution in [0.4, 0.5) is 0 Å². The number of benzene rings is 2. The largest absolute Gasteiger partial charge is 0.497 e. The number of ether oxygens (including phenoxy) is 1. The first kappa shape index (κ1) is 15.9. The van der Waals surface area contributed by atoms with E-state index in [-0.39, 0.29) is 0 Å². The van der Waals surface area contributed by atoms with Gasteiger partial charge in [-0.15, -0.1) is 0 Å². The van der Waals surface area contributed by atoms with Crippen LogP contribution in [0.5, 0.6) is 5.75 Å². The van der Waals surface area contributed by atoms with Gasteiger partial charge in [0.1, 0.15) is 5.75 Å². The quantitative estimate of drug-likeness (QED) is 0.772. The molecule has 0 heterocycles. The molecule has 1 N–H and O–H groups in total. The van der Waals surface area contributed by atoms with Crippen molar-refractivity contribution in [2.75, 3.05) is 13.7 Å². The van der Waals surface area contributed by atoms with Crippen molar-refractivity contribution in [2.45, 2.75) is 26.8 Å². The van der Waals surface area contributed by atoms with E-state index in [1.807, 2.05) is 12.1 Å². The highest BCUT2D eigenvalue weighted by molar-refractivity contribution is 6.31. The van der Waals surface area contributed by atoms with Crippen molar-refractivity contribution in [3.63, 3.8) is 0 Å². The Bertz CT molecular complexity index is 610. The molecule has 2 aromatic rings. The van der Waals surface area contributed by atoms with Crippen LogP contribution in [-0.4, -0.2) is 13.7 Å². The molecule has 0 saturated heterocycles. The Morgan fingerprint density at radius 1 is 1.14 bits per heavy atom. The lowest BCUT2D eigenvalue weighted by atomic mass is 9.98. The molecule has 2 aromatic carbocycles. The Morgan fingerprint density at radius 2 is 1.95 bits per heavy atom. The highest BCUT2D eigenvalue weighted by Crippen LogP contribution is 2.29. The van der Waals surface area contributed by atoms with Gasteiger partial charge in [-0.05, 0) is 66.4 Å². The summed E-state index contributed by atoms with van der Waals surface area (Å²) in [6, 6.07) is 12.4. The van der Waals surface area contributed by atoms with Gasteiger partial charge in [0.25, 0.3) is 0 Å². The summed E-state index contributed by atoms with van der Waals surface area (Å²) in [5, 5.41) is 4.21. The number of hydrogen-bond acceptors (Lipinski definition) is 2. The molecule has 0 amide bonds. The summed E-state index contributed by atoms with van der Waals surface area (Å²) in [5.74, 6) is 0.884. The summed E-state index contributed by atoms with van der Waals surface area (Å²) in [7, 11) is 1.69. The highest BCUT2D eigenvalue weighted by atomic mass is 35.5. The lowest BCUT2D eigenvalue weighted by Crippen LogP contribution is -2.14. The number of aryl methyl sites for hydroxylation is 1. The Labute approximate surface area is 132 Å². The normalized spacial score (nSPS) is 10.7. The number of rotatable bonds is 6. The molecule has 0 fully saturated rings. The summed E-state index contributed by atoms with van der Waals surface area (Å²) in [6.45, 7) is 6.06. The van der Waals surface area contributed by atoms with E-state index in [1.165, 1.54) is 16.7 Å². The van der Waals surface area contributed by atoms with Gasteiger partial charge in [-0.25, -0.2) is 0 Å². The Balaban J connectivity index is 2.29. The standard InChI is InChI=1S/C18H22ClNO/c1-4-9-20-12-15-11-14(5-8-18(15)19)17-7-6-16(21-3)10-13(17)2/h5-8,10-11,20H,4,9,12H2,1-3H3. The van der Waals surface area contributed by atoms with Crippen LogP contribution in [0.25, 0.3) is 11.1 Å². The van der Waals surface area contributed by atoms with Crippen LogP contribution in [0.15, 0.2) is 36.4 Å². The molecule has 0 bridgehead atoms. The van der Waals surface area contributed by atoms with Gasteiger partial charge in [0.05, 0.1) is 7.11 Å². The summed E-state index contributed by atoms with van der Waals surface area (Å²) in [6.07, 6.45) is 1.12. The van der Waals surface area contributed by atoms with Crippen LogP contribution >= 0.6 is 11.6 Å². The van der Waals surface area contributed by atoms with Crippen molar-refractivity contribution in [3.8, 4) is 16.9 Å². The van der Waals surface area contributed by atoms with Gasteiger partial charge in [0.2, 0.25) is 0 Å². The zero-order valence-electron chi connectivity index (χ0n) is 12.9. The van der Waals surface area contributed by atoms with E-state index >= 15 is 0 Å². The first-order chi connectivity index (χ1) is 10.2. The zero-order chi connectivity index (χ0) is 15.2. The minimum atomic E-state index is 0.801. The molecule has 0 unspecified atom stereocenters. The maximum Gasteiger partial charge on any atom is 0.119 e. The van der Waals surface area contributed by atoms with Crippen molar-refractivity contribution >= 4 is 11.6 Å². The third-order valence-electron chi connectivity index (χ3n) is 3.53. The molecule has 3 heteroatoms. The van der Waals surface area contributed by atoms with E-state index in [1.54, 1.807) is 7.11 Å². The molecule has 0 atom stereocenters. The van der Waals surface area contributed by atoms with Crippen molar-refractivity contribution in [1.82, 2.24) is 5.32 Å². The number of halogens is 1. The van der Waals surface area contributed by atoms with Crippen LogP contribution in [0, 0.1) is 6.92 Å². The van der Waals surface area contributed by atoms with Crippen LogP contribution in [0.2, 0.25) is 5.02 Å². The Morgan fingerprint density at radius 3 is 2.62 bits per heavy atom. The molecule has 0 aliphatic carbocycles. The lowest BCUT2D eigenvalue weighted by molar-refractivity contribution is 0.414. The van der Waals surface area contributed by atoms with E-state index in [0.29, 0.717) is 0 Å². The van der Waals surface area contributed by atoms with Crippen molar-refractivity contribution in [1.29, 1.82) is 0 Å². The fraction of sp³-hybridized carbons (Fsp3) is 0.333. The molecule has 0 aliphatic heterocycles. The Kier molecular flexibility index (Phi) is 5.66. The fourth-order valence-electron chi connectivity index (χ4n) is 2.36. The molecule has 2 nitrogen and oxygen atoms in total. The van der Waals surface area contributed by atoms with Crippen LogP contribution in [-0.2, 0) is 6.54 Å². The summed E-state index contributed by atoms with van der Waals surface area (Å²) in [4.78, 5) is 0. The molecule has 0 aliphatic rings. The number of hydrogen-bond donors (Lipinski definition) is 1. The van der Waals surface area contributed by atoms with Crippen molar-refractivity contribution in [3.05, 3.63) is 52.5 Å². The van der Waals surface area contributed by atoms with Gasteiger partial charge in [0, 0.05) is 11.6 Å². The fourth-order valence-corrected chi connectivity index (χ4v) is 2.55. The van der Waals surface area contributed by atoms with E-state index in [4.69, 9.17) is 16.3 Å². The third-order valence-corrected chi connectivity index (χ3v) is 3.90. The maximum atomic E-state index is 6.29. The van der Waals surface area contributed by atoms with Crippen LogP contribution in [0.1, 0.15) is 24.5 Å². The minimum Gasteiger partial charge on any atom is -0.497 e. The molecule has 0 aromatic heterocycles. The zero-order valence-corrected chi connectivity index (χ0v) is 13.6.